The Morgan fingerprint density at radius 3 is 2.57 bits per heavy atom. The standard InChI is InChI=1S/C19H31NO/c1-3-5-9-16(4-2)15-21-19(14-20-18-12-13-18)17-10-7-6-8-11-17/h6-8,10-11,16,18-20H,3-5,9,12-15H2,1-2H3. The summed E-state index contributed by atoms with van der Waals surface area (Å²) in [6.45, 7) is 6.38. The van der Waals surface area contributed by atoms with Crippen molar-refractivity contribution in [2.24, 2.45) is 5.92 Å². The lowest BCUT2D eigenvalue weighted by Gasteiger charge is -2.22. The van der Waals surface area contributed by atoms with E-state index in [9.17, 15) is 0 Å². The molecular weight excluding hydrogens is 258 g/mol. The number of rotatable bonds is 11. The molecule has 2 heteroatoms. The molecule has 1 N–H and O–H groups in total. The predicted octanol–water partition coefficient (Wildman–Crippen LogP) is 4.71. The van der Waals surface area contributed by atoms with E-state index in [1.807, 2.05) is 0 Å². The molecule has 0 saturated heterocycles. The maximum atomic E-state index is 6.29. The highest BCUT2D eigenvalue weighted by Crippen LogP contribution is 2.23. The third-order valence-electron chi connectivity index (χ3n) is 4.42. The number of hydrogen-bond donors (Lipinski definition) is 1. The summed E-state index contributed by atoms with van der Waals surface area (Å²) in [4.78, 5) is 0. The summed E-state index contributed by atoms with van der Waals surface area (Å²) in [5, 5.41) is 3.62. The molecule has 0 aliphatic heterocycles. The van der Waals surface area contributed by atoms with Crippen molar-refractivity contribution in [1.82, 2.24) is 5.32 Å². The molecule has 0 spiro atoms. The molecule has 1 aliphatic carbocycles. The number of nitrogens with one attached hydrogen (secondary N) is 1. The van der Waals surface area contributed by atoms with E-state index < -0.39 is 0 Å². The highest BCUT2D eigenvalue weighted by molar-refractivity contribution is 5.18. The van der Waals surface area contributed by atoms with Crippen LogP contribution in [0.15, 0.2) is 30.3 Å². The van der Waals surface area contributed by atoms with Gasteiger partial charge in [0.15, 0.2) is 0 Å². The quantitative estimate of drug-likeness (QED) is 0.637. The van der Waals surface area contributed by atoms with Crippen LogP contribution < -0.4 is 5.32 Å². The first-order valence-electron chi connectivity index (χ1n) is 8.73. The van der Waals surface area contributed by atoms with Crippen LogP contribution in [0.25, 0.3) is 0 Å². The van der Waals surface area contributed by atoms with E-state index in [1.165, 1.54) is 44.1 Å². The Hall–Kier alpha value is -0.860. The van der Waals surface area contributed by atoms with Crippen molar-refractivity contribution in [2.45, 2.75) is 64.5 Å². The van der Waals surface area contributed by atoms with Crippen LogP contribution in [-0.4, -0.2) is 19.2 Å². The van der Waals surface area contributed by atoms with Crippen molar-refractivity contribution in [3.8, 4) is 0 Å². The molecule has 0 radical (unpaired) electrons. The van der Waals surface area contributed by atoms with Gasteiger partial charge < -0.3 is 10.1 Å². The lowest BCUT2D eigenvalue weighted by molar-refractivity contribution is 0.0247. The van der Waals surface area contributed by atoms with Crippen LogP contribution in [0, 0.1) is 5.92 Å². The third kappa shape index (κ3) is 6.19. The molecule has 1 aliphatic rings. The van der Waals surface area contributed by atoms with E-state index in [1.54, 1.807) is 0 Å². The third-order valence-corrected chi connectivity index (χ3v) is 4.42. The number of ether oxygens (including phenoxy) is 1. The molecular formula is C19H31NO. The monoisotopic (exact) mass is 289 g/mol. The molecule has 1 aromatic rings. The van der Waals surface area contributed by atoms with Crippen LogP contribution in [0.1, 0.15) is 64.0 Å². The van der Waals surface area contributed by atoms with Crippen LogP contribution >= 0.6 is 0 Å². The van der Waals surface area contributed by atoms with E-state index in [4.69, 9.17) is 4.74 Å². The van der Waals surface area contributed by atoms with Crippen molar-refractivity contribution in [1.29, 1.82) is 0 Å². The summed E-state index contributed by atoms with van der Waals surface area (Å²) >= 11 is 0. The molecule has 2 atom stereocenters. The van der Waals surface area contributed by atoms with Gasteiger partial charge in [-0.25, -0.2) is 0 Å². The number of benzene rings is 1. The summed E-state index contributed by atoms with van der Waals surface area (Å²) in [6.07, 6.45) is 7.97. The van der Waals surface area contributed by atoms with Crippen LogP contribution in [0.3, 0.4) is 0 Å². The fourth-order valence-corrected chi connectivity index (χ4v) is 2.65. The van der Waals surface area contributed by atoms with Gasteiger partial charge in [-0.05, 0) is 30.7 Å². The Balaban J connectivity index is 1.85. The summed E-state index contributed by atoms with van der Waals surface area (Å²) in [7, 11) is 0. The first kappa shape index (κ1) is 16.5. The van der Waals surface area contributed by atoms with Crippen LogP contribution in [0.4, 0.5) is 0 Å². The summed E-state index contributed by atoms with van der Waals surface area (Å²) < 4.78 is 6.29. The van der Waals surface area contributed by atoms with Crippen molar-refractivity contribution in [2.75, 3.05) is 13.2 Å². The molecule has 0 aromatic heterocycles. The zero-order valence-corrected chi connectivity index (χ0v) is 13.7. The summed E-state index contributed by atoms with van der Waals surface area (Å²) in [6, 6.07) is 11.4. The highest BCUT2D eigenvalue weighted by atomic mass is 16.5. The van der Waals surface area contributed by atoms with Crippen LogP contribution in [-0.2, 0) is 4.74 Å². The minimum absolute atomic E-state index is 0.197. The Bertz CT molecular complexity index is 374. The maximum Gasteiger partial charge on any atom is 0.0949 e. The van der Waals surface area contributed by atoms with E-state index in [0.29, 0.717) is 5.92 Å². The molecule has 2 rings (SSSR count). The fourth-order valence-electron chi connectivity index (χ4n) is 2.65. The zero-order valence-electron chi connectivity index (χ0n) is 13.7. The van der Waals surface area contributed by atoms with Gasteiger partial charge in [-0.2, -0.15) is 0 Å². The molecule has 2 unspecified atom stereocenters. The van der Waals surface area contributed by atoms with Gasteiger partial charge >= 0.3 is 0 Å². The molecule has 0 bridgehead atoms. The van der Waals surface area contributed by atoms with Gasteiger partial charge in [-0.1, -0.05) is 63.4 Å². The zero-order chi connectivity index (χ0) is 14.9. The Kier molecular flexibility index (Phi) is 7.25. The first-order chi connectivity index (χ1) is 10.3. The van der Waals surface area contributed by atoms with E-state index in [0.717, 1.165) is 19.2 Å². The highest BCUT2D eigenvalue weighted by Gasteiger charge is 2.23. The minimum atomic E-state index is 0.197. The van der Waals surface area contributed by atoms with E-state index in [2.05, 4.69) is 49.5 Å². The lowest BCUT2D eigenvalue weighted by atomic mass is 10.0. The Labute approximate surface area is 130 Å². The molecule has 21 heavy (non-hydrogen) atoms. The molecule has 1 fully saturated rings. The van der Waals surface area contributed by atoms with Crippen LogP contribution in [0.5, 0.6) is 0 Å². The molecule has 2 nitrogen and oxygen atoms in total. The Morgan fingerprint density at radius 2 is 1.95 bits per heavy atom. The average molecular weight is 289 g/mol. The SMILES string of the molecule is CCCCC(CC)COC(CNC1CC1)c1ccccc1. The van der Waals surface area contributed by atoms with E-state index >= 15 is 0 Å². The van der Waals surface area contributed by atoms with Crippen molar-refractivity contribution < 1.29 is 4.74 Å². The van der Waals surface area contributed by atoms with Gasteiger partial charge in [0.2, 0.25) is 0 Å². The second-order valence-corrected chi connectivity index (χ2v) is 6.33. The van der Waals surface area contributed by atoms with Gasteiger partial charge in [0, 0.05) is 12.6 Å². The van der Waals surface area contributed by atoms with Crippen molar-refractivity contribution in [3.63, 3.8) is 0 Å². The van der Waals surface area contributed by atoms with Crippen LogP contribution in [0.2, 0.25) is 0 Å². The second-order valence-electron chi connectivity index (χ2n) is 6.33. The lowest BCUT2D eigenvalue weighted by Crippen LogP contribution is -2.26. The molecule has 1 saturated carbocycles. The normalized spacial score (nSPS) is 17.6. The second kappa shape index (κ2) is 9.22. The molecule has 0 heterocycles. The molecule has 0 amide bonds. The van der Waals surface area contributed by atoms with Gasteiger partial charge in [0.05, 0.1) is 12.7 Å². The molecule has 1 aromatic carbocycles. The minimum Gasteiger partial charge on any atom is -0.372 e. The summed E-state index contributed by atoms with van der Waals surface area (Å²) in [5.41, 5.74) is 1.30. The van der Waals surface area contributed by atoms with Gasteiger partial charge in [-0.3, -0.25) is 0 Å². The summed E-state index contributed by atoms with van der Waals surface area (Å²) in [5.74, 6) is 0.706. The average Bonchev–Trinajstić information content (AvgIpc) is 3.35. The number of hydrogen-bond acceptors (Lipinski definition) is 2. The van der Waals surface area contributed by atoms with Crippen molar-refractivity contribution >= 4 is 0 Å². The fraction of sp³-hybridized carbons (Fsp3) is 0.684. The topological polar surface area (TPSA) is 21.3 Å². The maximum absolute atomic E-state index is 6.29. The first-order valence-corrected chi connectivity index (χ1v) is 8.73. The largest absolute Gasteiger partial charge is 0.372 e. The van der Waals surface area contributed by atoms with Gasteiger partial charge in [0.1, 0.15) is 0 Å². The smallest absolute Gasteiger partial charge is 0.0949 e. The molecule has 118 valence electrons. The van der Waals surface area contributed by atoms with Crippen molar-refractivity contribution in [3.05, 3.63) is 35.9 Å². The Morgan fingerprint density at radius 1 is 1.19 bits per heavy atom. The number of unbranched alkanes of at least 4 members (excludes halogenated alkanes) is 1. The van der Waals surface area contributed by atoms with Gasteiger partial charge in [0.25, 0.3) is 0 Å². The predicted molar refractivity (Wildman–Crippen MR) is 89.5 cm³/mol. The van der Waals surface area contributed by atoms with Gasteiger partial charge in [-0.15, -0.1) is 0 Å². The van der Waals surface area contributed by atoms with E-state index in [-0.39, 0.29) is 6.10 Å².